The molecule has 10 nitrogen and oxygen atoms in total. The zero-order chi connectivity index (χ0) is 20.5. The van der Waals surface area contributed by atoms with Crippen LogP contribution < -0.4 is 5.84 Å². The van der Waals surface area contributed by atoms with E-state index in [1.165, 1.54) is 54.8 Å². The molecule has 0 saturated carbocycles. The van der Waals surface area contributed by atoms with Gasteiger partial charge in [0.1, 0.15) is 5.71 Å². The molecule has 0 aromatic heterocycles. The van der Waals surface area contributed by atoms with Gasteiger partial charge in [0.25, 0.3) is 11.4 Å². The molecule has 142 valence electrons. The Bertz CT molecular complexity index is 963. The molecule has 0 aliphatic heterocycles. The Morgan fingerprint density at radius 2 is 1.50 bits per heavy atom. The van der Waals surface area contributed by atoms with E-state index in [-0.39, 0.29) is 23.6 Å². The molecular formula is C18H15N5O5. The first-order valence-electron chi connectivity index (χ1n) is 7.88. The normalized spacial score (nSPS) is 11.8. The van der Waals surface area contributed by atoms with E-state index in [4.69, 9.17) is 5.84 Å². The summed E-state index contributed by atoms with van der Waals surface area (Å²) in [5, 5.41) is 24.6. The predicted octanol–water partition coefficient (Wildman–Crippen LogP) is 2.67. The second-order valence-corrected chi connectivity index (χ2v) is 5.45. The molecular weight excluding hydrogens is 366 g/mol. The highest BCUT2D eigenvalue weighted by molar-refractivity contribution is 6.64. The number of nitro groups is 2. The van der Waals surface area contributed by atoms with Crippen molar-refractivity contribution < 1.29 is 14.6 Å². The first-order valence-corrected chi connectivity index (χ1v) is 7.88. The van der Waals surface area contributed by atoms with E-state index in [0.29, 0.717) is 11.1 Å². The van der Waals surface area contributed by atoms with Crippen LogP contribution in [0.2, 0.25) is 0 Å². The fourth-order valence-corrected chi connectivity index (χ4v) is 2.09. The maximum atomic E-state index is 12.1. The van der Waals surface area contributed by atoms with Crippen molar-refractivity contribution >= 4 is 35.2 Å². The highest BCUT2D eigenvalue weighted by Gasteiger charge is 2.07. The summed E-state index contributed by atoms with van der Waals surface area (Å²) in [6.45, 7) is 0.191. The van der Waals surface area contributed by atoms with Crippen LogP contribution in [0.3, 0.4) is 0 Å². The van der Waals surface area contributed by atoms with Gasteiger partial charge in [0.15, 0.2) is 0 Å². The number of allylic oxidation sites excluding steroid dienone is 1. The van der Waals surface area contributed by atoms with Gasteiger partial charge < -0.3 is 5.84 Å². The van der Waals surface area contributed by atoms with Gasteiger partial charge in [-0.2, -0.15) is 5.10 Å². The highest BCUT2D eigenvalue weighted by atomic mass is 16.6. The number of nitro benzene ring substituents is 2. The standard InChI is InChI=1S/C18H15N5O5/c19-21-17(12-20-11-14-3-8-16(9-4-14)23(27)28)18(24)10-5-13-1-6-15(7-2-13)22(25)26/h1-10,12H,11,19H2/b10-5+,20-12?,21-17+. The molecule has 2 N–H and O–H groups in total. The molecule has 2 aromatic rings. The Kier molecular flexibility index (Phi) is 6.81. The molecule has 2 aromatic carbocycles. The van der Waals surface area contributed by atoms with E-state index >= 15 is 0 Å². The van der Waals surface area contributed by atoms with E-state index in [2.05, 4.69) is 10.1 Å². The topological polar surface area (TPSA) is 154 Å². The summed E-state index contributed by atoms with van der Waals surface area (Å²) in [6, 6.07) is 11.5. The lowest BCUT2D eigenvalue weighted by Crippen LogP contribution is -2.15. The van der Waals surface area contributed by atoms with Crippen LogP contribution >= 0.6 is 0 Å². The van der Waals surface area contributed by atoms with Crippen LogP contribution in [0, 0.1) is 20.2 Å². The summed E-state index contributed by atoms with van der Waals surface area (Å²) in [7, 11) is 0. The number of nitrogens with zero attached hydrogens (tertiary/aromatic N) is 4. The number of hydrazone groups is 1. The Balaban J connectivity index is 1.97. The third-order valence-electron chi connectivity index (χ3n) is 3.56. The quantitative estimate of drug-likeness (QED) is 0.244. The first kappa shape index (κ1) is 20.1. The molecule has 0 fully saturated rings. The average molecular weight is 381 g/mol. The van der Waals surface area contributed by atoms with Crippen LogP contribution in [-0.2, 0) is 11.3 Å². The minimum atomic E-state index is -0.515. The summed E-state index contributed by atoms with van der Waals surface area (Å²) in [5.41, 5.74) is 1.15. The van der Waals surface area contributed by atoms with Crippen LogP contribution in [0.1, 0.15) is 11.1 Å². The molecule has 0 unspecified atom stereocenters. The number of aliphatic imine (C=N–C) groups is 1. The molecule has 0 spiro atoms. The SMILES string of the molecule is N/N=C(\C=NCc1ccc([N+](=O)[O-])cc1)C(=O)/C=C/c1ccc([N+](=O)[O-])cc1. The van der Waals surface area contributed by atoms with Gasteiger partial charge in [-0.25, -0.2) is 0 Å². The van der Waals surface area contributed by atoms with E-state index in [1.54, 1.807) is 12.1 Å². The smallest absolute Gasteiger partial charge is 0.269 e. The number of carbonyl (C=O) groups excluding carboxylic acids is 1. The number of rotatable bonds is 8. The largest absolute Gasteiger partial charge is 0.323 e. The number of hydrogen-bond acceptors (Lipinski definition) is 8. The van der Waals surface area contributed by atoms with E-state index in [9.17, 15) is 25.0 Å². The number of non-ortho nitro benzene ring substituents is 2. The zero-order valence-corrected chi connectivity index (χ0v) is 14.5. The van der Waals surface area contributed by atoms with Crippen molar-refractivity contribution in [2.45, 2.75) is 6.54 Å². The van der Waals surface area contributed by atoms with Gasteiger partial charge in [0, 0.05) is 24.3 Å². The Morgan fingerprint density at radius 1 is 0.964 bits per heavy atom. The molecule has 0 bridgehead atoms. The fourth-order valence-electron chi connectivity index (χ4n) is 2.09. The molecule has 28 heavy (non-hydrogen) atoms. The lowest BCUT2D eigenvalue weighted by molar-refractivity contribution is -0.385. The highest BCUT2D eigenvalue weighted by Crippen LogP contribution is 2.13. The maximum absolute atomic E-state index is 12.1. The lowest BCUT2D eigenvalue weighted by atomic mass is 10.1. The van der Waals surface area contributed by atoms with Gasteiger partial charge >= 0.3 is 0 Å². The Hall–Kier alpha value is -4.21. The van der Waals surface area contributed by atoms with E-state index in [0.717, 1.165) is 0 Å². The maximum Gasteiger partial charge on any atom is 0.269 e. The van der Waals surface area contributed by atoms with Crippen molar-refractivity contribution in [3.05, 3.63) is 86.0 Å². The van der Waals surface area contributed by atoms with Gasteiger partial charge in [-0.3, -0.25) is 30.0 Å². The number of carbonyl (C=O) groups is 1. The van der Waals surface area contributed by atoms with Crippen LogP contribution in [0.4, 0.5) is 11.4 Å². The molecule has 0 heterocycles. The van der Waals surface area contributed by atoms with Crippen LogP contribution in [0.15, 0.2) is 64.7 Å². The minimum Gasteiger partial charge on any atom is -0.323 e. The van der Waals surface area contributed by atoms with Gasteiger partial charge in [0.2, 0.25) is 5.78 Å². The van der Waals surface area contributed by atoms with Crippen molar-refractivity contribution in [1.82, 2.24) is 0 Å². The van der Waals surface area contributed by atoms with Crippen LogP contribution in [0.25, 0.3) is 6.08 Å². The lowest BCUT2D eigenvalue weighted by Gasteiger charge is -1.97. The van der Waals surface area contributed by atoms with Crippen molar-refractivity contribution in [3.8, 4) is 0 Å². The number of hydrogen-bond donors (Lipinski definition) is 1. The van der Waals surface area contributed by atoms with Crippen molar-refractivity contribution in [3.63, 3.8) is 0 Å². The third kappa shape index (κ3) is 5.66. The second kappa shape index (κ2) is 9.48. The summed E-state index contributed by atoms with van der Waals surface area (Å²) in [5.74, 6) is 4.73. The Labute approximate surface area is 159 Å². The zero-order valence-electron chi connectivity index (χ0n) is 14.5. The van der Waals surface area contributed by atoms with Crippen molar-refractivity contribution in [2.75, 3.05) is 0 Å². The molecule has 0 atom stereocenters. The fraction of sp³-hybridized carbons (Fsp3) is 0.0556. The molecule has 0 radical (unpaired) electrons. The van der Waals surface area contributed by atoms with E-state index in [1.807, 2.05) is 0 Å². The number of benzene rings is 2. The number of ketones is 1. The summed E-state index contributed by atoms with van der Waals surface area (Å²) in [6.07, 6.45) is 3.91. The number of nitrogens with two attached hydrogens (primary N) is 1. The molecule has 0 amide bonds. The second-order valence-electron chi connectivity index (χ2n) is 5.45. The van der Waals surface area contributed by atoms with E-state index < -0.39 is 15.6 Å². The summed E-state index contributed by atoms with van der Waals surface area (Å²) >= 11 is 0. The van der Waals surface area contributed by atoms with Gasteiger partial charge in [-0.05, 0) is 29.3 Å². The van der Waals surface area contributed by atoms with Gasteiger partial charge in [-0.1, -0.05) is 18.2 Å². The monoisotopic (exact) mass is 381 g/mol. The Morgan fingerprint density at radius 3 is 2.00 bits per heavy atom. The van der Waals surface area contributed by atoms with Crippen molar-refractivity contribution in [2.24, 2.45) is 15.9 Å². The van der Waals surface area contributed by atoms with Crippen LogP contribution in [-0.4, -0.2) is 27.6 Å². The molecule has 10 heteroatoms. The summed E-state index contributed by atoms with van der Waals surface area (Å²) < 4.78 is 0. The predicted molar refractivity (Wildman–Crippen MR) is 104 cm³/mol. The van der Waals surface area contributed by atoms with Crippen LogP contribution in [0.5, 0.6) is 0 Å². The van der Waals surface area contributed by atoms with Crippen molar-refractivity contribution in [1.29, 1.82) is 0 Å². The first-order chi connectivity index (χ1) is 13.4. The van der Waals surface area contributed by atoms with Gasteiger partial charge in [0.05, 0.1) is 22.6 Å². The minimum absolute atomic E-state index is 0.0245. The third-order valence-corrected chi connectivity index (χ3v) is 3.56. The molecule has 0 saturated heterocycles. The summed E-state index contributed by atoms with van der Waals surface area (Å²) in [4.78, 5) is 36.4. The molecule has 0 aliphatic rings. The molecule has 0 aliphatic carbocycles. The van der Waals surface area contributed by atoms with Gasteiger partial charge in [-0.15, -0.1) is 0 Å². The average Bonchev–Trinajstić information content (AvgIpc) is 2.70. The molecule has 2 rings (SSSR count).